The van der Waals surface area contributed by atoms with Crippen molar-refractivity contribution in [1.82, 2.24) is 15.1 Å². The van der Waals surface area contributed by atoms with Gasteiger partial charge in [-0.25, -0.2) is 0 Å². The maximum Gasteiger partial charge on any atom is 0.194 e. The number of rotatable bonds is 8. The third-order valence-electron chi connectivity index (χ3n) is 5.77. The molecule has 1 saturated heterocycles. The highest BCUT2D eigenvalue weighted by Gasteiger charge is 2.53. The first-order valence-electron chi connectivity index (χ1n) is 9.12. The van der Waals surface area contributed by atoms with E-state index in [4.69, 9.17) is 9.73 Å². The van der Waals surface area contributed by atoms with Gasteiger partial charge in [0.15, 0.2) is 5.96 Å². The number of guanidine groups is 1. The molecule has 2 aliphatic rings. The van der Waals surface area contributed by atoms with Gasteiger partial charge in [0.2, 0.25) is 0 Å². The van der Waals surface area contributed by atoms with Gasteiger partial charge in [0.25, 0.3) is 0 Å². The van der Waals surface area contributed by atoms with Gasteiger partial charge in [-0.2, -0.15) is 0 Å². The van der Waals surface area contributed by atoms with Gasteiger partial charge in [0.05, 0.1) is 13.2 Å². The van der Waals surface area contributed by atoms with Crippen LogP contribution in [0.1, 0.15) is 47.5 Å². The normalized spacial score (nSPS) is 23.1. The third kappa shape index (κ3) is 4.18. The van der Waals surface area contributed by atoms with Gasteiger partial charge in [-0.1, -0.05) is 13.8 Å². The molecule has 2 rings (SSSR count). The standard InChI is InChI=1S/C18H36N4O/c1-7-19-16(22-14-17(2,3)18(22,4)5)20-10-11-21(12-13-23-6)15-8-9-15/h15H,7-14H2,1-6H3,(H,19,20). The van der Waals surface area contributed by atoms with Crippen molar-refractivity contribution in [2.75, 3.05) is 46.4 Å². The number of hydrogen-bond donors (Lipinski definition) is 1. The summed E-state index contributed by atoms with van der Waals surface area (Å²) in [7, 11) is 1.78. The molecule has 1 N–H and O–H groups in total. The molecule has 134 valence electrons. The van der Waals surface area contributed by atoms with Crippen LogP contribution in [0.25, 0.3) is 0 Å². The topological polar surface area (TPSA) is 40.1 Å². The molecule has 0 atom stereocenters. The molecule has 23 heavy (non-hydrogen) atoms. The molecule has 0 unspecified atom stereocenters. The lowest BCUT2D eigenvalue weighted by Crippen LogP contribution is -2.72. The van der Waals surface area contributed by atoms with Crippen molar-refractivity contribution in [3.63, 3.8) is 0 Å². The van der Waals surface area contributed by atoms with E-state index < -0.39 is 0 Å². The molecule has 0 aromatic carbocycles. The minimum Gasteiger partial charge on any atom is -0.383 e. The fraction of sp³-hybridized carbons (Fsp3) is 0.944. The van der Waals surface area contributed by atoms with Gasteiger partial charge >= 0.3 is 0 Å². The zero-order chi connectivity index (χ0) is 17.1. The molecule has 1 aliphatic carbocycles. The van der Waals surface area contributed by atoms with Crippen molar-refractivity contribution < 1.29 is 4.74 Å². The van der Waals surface area contributed by atoms with Gasteiger partial charge in [0, 0.05) is 50.3 Å². The maximum atomic E-state index is 5.23. The average molecular weight is 325 g/mol. The Bertz CT molecular complexity index is 415. The van der Waals surface area contributed by atoms with Crippen molar-refractivity contribution in [1.29, 1.82) is 0 Å². The summed E-state index contributed by atoms with van der Waals surface area (Å²) in [6, 6.07) is 0.766. The van der Waals surface area contributed by atoms with E-state index in [0.717, 1.165) is 51.3 Å². The first kappa shape index (κ1) is 18.5. The zero-order valence-corrected chi connectivity index (χ0v) is 16.0. The van der Waals surface area contributed by atoms with Gasteiger partial charge < -0.3 is 15.0 Å². The molecule has 5 nitrogen and oxygen atoms in total. The summed E-state index contributed by atoms with van der Waals surface area (Å²) in [6.07, 6.45) is 2.67. The highest BCUT2D eigenvalue weighted by Crippen LogP contribution is 2.46. The van der Waals surface area contributed by atoms with Crippen LogP contribution < -0.4 is 5.32 Å². The van der Waals surface area contributed by atoms with Crippen molar-refractivity contribution in [3.05, 3.63) is 0 Å². The van der Waals surface area contributed by atoms with E-state index in [9.17, 15) is 0 Å². The summed E-state index contributed by atoms with van der Waals surface area (Å²) in [6.45, 7) is 17.2. The van der Waals surface area contributed by atoms with Crippen LogP contribution in [0, 0.1) is 5.41 Å². The summed E-state index contributed by atoms with van der Waals surface area (Å²) in [4.78, 5) is 9.86. The summed E-state index contributed by atoms with van der Waals surface area (Å²) in [5.74, 6) is 1.07. The molecular formula is C18H36N4O. The number of aliphatic imine (C=N–C) groups is 1. The van der Waals surface area contributed by atoms with Crippen LogP contribution >= 0.6 is 0 Å². The van der Waals surface area contributed by atoms with Crippen LogP contribution in [0.15, 0.2) is 4.99 Å². The monoisotopic (exact) mass is 324 g/mol. The SMILES string of the molecule is CCNC(=NCCN(CCOC)C1CC1)N1CC(C)(C)C1(C)C. The third-order valence-corrected chi connectivity index (χ3v) is 5.77. The van der Waals surface area contributed by atoms with E-state index in [0.29, 0.717) is 5.41 Å². The van der Waals surface area contributed by atoms with Crippen LogP contribution in [0.2, 0.25) is 0 Å². The molecule has 5 heteroatoms. The molecule has 1 aliphatic heterocycles. The summed E-state index contributed by atoms with van der Waals surface area (Å²) in [5.41, 5.74) is 0.488. The fourth-order valence-electron chi connectivity index (χ4n) is 3.20. The Hall–Kier alpha value is -0.810. The smallest absolute Gasteiger partial charge is 0.194 e. The fourth-order valence-corrected chi connectivity index (χ4v) is 3.20. The molecule has 2 fully saturated rings. The van der Waals surface area contributed by atoms with E-state index in [1.165, 1.54) is 12.8 Å². The van der Waals surface area contributed by atoms with Crippen LogP contribution in [-0.4, -0.2) is 73.8 Å². The second-order valence-electron chi connectivity index (χ2n) is 8.02. The average Bonchev–Trinajstić information content (AvgIpc) is 3.32. The van der Waals surface area contributed by atoms with Crippen LogP contribution in [0.5, 0.6) is 0 Å². The van der Waals surface area contributed by atoms with Crippen LogP contribution in [0.4, 0.5) is 0 Å². The molecule has 1 heterocycles. The Morgan fingerprint density at radius 1 is 1.26 bits per heavy atom. The van der Waals surface area contributed by atoms with Crippen molar-refractivity contribution >= 4 is 5.96 Å². The molecule has 1 saturated carbocycles. The molecule has 0 amide bonds. The first-order chi connectivity index (χ1) is 10.8. The Labute approximate surface area is 142 Å². The van der Waals surface area contributed by atoms with Crippen LogP contribution in [-0.2, 0) is 4.74 Å². The maximum absolute atomic E-state index is 5.23. The second kappa shape index (κ2) is 7.39. The molecule has 0 aromatic rings. The number of likely N-dealkylation sites (tertiary alicyclic amines) is 1. The predicted molar refractivity (Wildman–Crippen MR) is 97.0 cm³/mol. The number of nitrogens with zero attached hydrogens (tertiary/aromatic N) is 3. The van der Waals surface area contributed by atoms with Gasteiger partial charge in [-0.05, 0) is 33.6 Å². The quantitative estimate of drug-likeness (QED) is 0.549. The number of methoxy groups -OCH3 is 1. The summed E-state index contributed by atoms with van der Waals surface area (Å²) >= 11 is 0. The van der Waals surface area contributed by atoms with E-state index in [2.05, 4.69) is 49.7 Å². The van der Waals surface area contributed by atoms with Crippen molar-refractivity contribution in [3.8, 4) is 0 Å². The lowest BCUT2D eigenvalue weighted by Gasteiger charge is -2.62. The Morgan fingerprint density at radius 2 is 1.96 bits per heavy atom. The first-order valence-corrected chi connectivity index (χ1v) is 9.12. The predicted octanol–water partition coefficient (Wildman–Crippen LogP) is 2.18. The molecule has 0 spiro atoms. The zero-order valence-electron chi connectivity index (χ0n) is 16.0. The highest BCUT2D eigenvalue weighted by atomic mass is 16.5. The number of ether oxygens (including phenoxy) is 1. The van der Waals surface area contributed by atoms with E-state index in [1.807, 2.05) is 0 Å². The lowest BCUT2D eigenvalue weighted by atomic mass is 9.65. The second-order valence-corrected chi connectivity index (χ2v) is 8.02. The minimum atomic E-state index is 0.153. The minimum absolute atomic E-state index is 0.153. The van der Waals surface area contributed by atoms with Gasteiger partial charge in [-0.3, -0.25) is 9.89 Å². The van der Waals surface area contributed by atoms with Crippen molar-refractivity contribution in [2.24, 2.45) is 10.4 Å². The molecule has 0 radical (unpaired) electrons. The molecular weight excluding hydrogens is 288 g/mol. The lowest BCUT2D eigenvalue weighted by molar-refractivity contribution is -0.0667. The van der Waals surface area contributed by atoms with Gasteiger partial charge in [0.1, 0.15) is 0 Å². The molecule has 0 aromatic heterocycles. The van der Waals surface area contributed by atoms with Crippen molar-refractivity contribution in [2.45, 2.75) is 59.0 Å². The summed E-state index contributed by atoms with van der Waals surface area (Å²) < 4.78 is 5.23. The molecule has 0 bridgehead atoms. The largest absolute Gasteiger partial charge is 0.383 e. The Kier molecular flexibility index (Phi) is 5.95. The van der Waals surface area contributed by atoms with E-state index in [1.54, 1.807) is 7.11 Å². The number of hydrogen-bond acceptors (Lipinski definition) is 3. The van der Waals surface area contributed by atoms with E-state index >= 15 is 0 Å². The summed E-state index contributed by atoms with van der Waals surface area (Å²) in [5, 5.41) is 3.47. The van der Waals surface area contributed by atoms with Gasteiger partial charge in [-0.15, -0.1) is 0 Å². The Morgan fingerprint density at radius 3 is 2.43 bits per heavy atom. The Balaban J connectivity index is 1.91. The highest BCUT2D eigenvalue weighted by molar-refractivity contribution is 5.82. The number of nitrogens with one attached hydrogen (secondary N) is 1. The van der Waals surface area contributed by atoms with E-state index in [-0.39, 0.29) is 5.54 Å². The van der Waals surface area contributed by atoms with Crippen LogP contribution in [0.3, 0.4) is 0 Å².